The average Bonchev–Trinajstić information content (AvgIpc) is 2.35. The first-order valence-corrected chi connectivity index (χ1v) is 7.63. The van der Waals surface area contributed by atoms with Crippen LogP contribution in [0.4, 0.5) is 0 Å². The summed E-state index contributed by atoms with van der Waals surface area (Å²) in [5.41, 5.74) is 7.44. The largest absolute Gasteiger partial charge is 0.373 e. The van der Waals surface area contributed by atoms with E-state index < -0.39 is 0 Å². The van der Waals surface area contributed by atoms with Crippen LogP contribution in [0, 0.1) is 0 Å². The van der Waals surface area contributed by atoms with E-state index in [2.05, 4.69) is 46.8 Å². The van der Waals surface area contributed by atoms with Gasteiger partial charge in [-0.05, 0) is 38.0 Å². The Hall–Kier alpha value is -0.420. The van der Waals surface area contributed by atoms with Gasteiger partial charge < -0.3 is 10.5 Å². The first-order chi connectivity index (χ1) is 8.96. The minimum atomic E-state index is -0.0296. The van der Waals surface area contributed by atoms with Crippen molar-refractivity contribution in [3.8, 4) is 0 Å². The number of nitrogens with zero attached hydrogens (tertiary/aromatic N) is 1. The molecule has 0 amide bonds. The Morgan fingerprint density at radius 2 is 2.26 bits per heavy atom. The second-order valence-corrected chi connectivity index (χ2v) is 6.75. The van der Waals surface area contributed by atoms with Crippen LogP contribution in [0.25, 0.3) is 0 Å². The fourth-order valence-corrected chi connectivity index (χ4v) is 2.95. The zero-order valence-corrected chi connectivity index (χ0v) is 13.3. The molecule has 0 saturated carbocycles. The Labute approximate surface area is 124 Å². The number of hydrogen-bond donors (Lipinski definition) is 1. The molecule has 1 aromatic rings. The minimum absolute atomic E-state index is 0.0296. The predicted molar refractivity (Wildman–Crippen MR) is 82.2 cm³/mol. The first-order valence-electron chi connectivity index (χ1n) is 6.84. The molecule has 106 valence electrons. The molecule has 4 heteroatoms. The molecule has 1 aliphatic heterocycles. The topological polar surface area (TPSA) is 38.5 Å². The van der Waals surface area contributed by atoms with Gasteiger partial charge in [-0.1, -0.05) is 28.1 Å². The lowest BCUT2D eigenvalue weighted by molar-refractivity contribution is -0.0863. The second kappa shape index (κ2) is 6.35. The van der Waals surface area contributed by atoms with E-state index in [1.54, 1.807) is 0 Å². The molecule has 1 atom stereocenters. The van der Waals surface area contributed by atoms with Gasteiger partial charge in [0.1, 0.15) is 0 Å². The number of ether oxygens (including phenoxy) is 1. The molecule has 2 N–H and O–H groups in total. The van der Waals surface area contributed by atoms with Gasteiger partial charge in [-0.25, -0.2) is 0 Å². The number of hydrogen-bond acceptors (Lipinski definition) is 3. The lowest BCUT2D eigenvalue weighted by Gasteiger charge is -2.38. The zero-order valence-electron chi connectivity index (χ0n) is 11.7. The predicted octanol–water partition coefficient (Wildman–Crippen LogP) is 2.95. The molecule has 19 heavy (non-hydrogen) atoms. The Bertz CT molecular complexity index is 422. The van der Waals surface area contributed by atoms with Crippen LogP contribution in [0.15, 0.2) is 28.7 Å². The molecule has 1 fully saturated rings. The molecule has 1 aromatic carbocycles. The van der Waals surface area contributed by atoms with Crippen molar-refractivity contribution in [2.75, 3.05) is 26.2 Å². The summed E-state index contributed by atoms with van der Waals surface area (Å²) in [7, 11) is 0. The van der Waals surface area contributed by atoms with Crippen molar-refractivity contribution in [1.29, 1.82) is 0 Å². The molecule has 1 saturated heterocycles. The molecule has 0 radical (unpaired) electrons. The third kappa shape index (κ3) is 4.56. The van der Waals surface area contributed by atoms with E-state index in [0.29, 0.717) is 0 Å². The minimum Gasteiger partial charge on any atom is -0.373 e. The highest BCUT2D eigenvalue weighted by Crippen LogP contribution is 2.21. The van der Waals surface area contributed by atoms with Crippen LogP contribution in [0.5, 0.6) is 0 Å². The fourth-order valence-electron chi connectivity index (χ4n) is 2.53. The van der Waals surface area contributed by atoms with Gasteiger partial charge in [0.25, 0.3) is 0 Å². The van der Waals surface area contributed by atoms with E-state index in [-0.39, 0.29) is 11.6 Å². The molecule has 0 aliphatic carbocycles. The van der Waals surface area contributed by atoms with Gasteiger partial charge in [-0.2, -0.15) is 0 Å². The summed E-state index contributed by atoms with van der Waals surface area (Å²) >= 11 is 3.49. The molecular weight excluding hydrogens is 304 g/mol. The fraction of sp³-hybridized carbons (Fsp3) is 0.600. The highest BCUT2D eigenvalue weighted by atomic mass is 79.9. The van der Waals surface area contributed by atoms with Crippen molar-refractivity contribution in [2.24, 2.45) is 5.73 Å². The van der Waals surface area contributed by atoms with Gasteiger partial charge in [0.15, 0.2) is 0 Å². The van der Waals surface area contributed by atoms with E-state index in [9.17, 15) is 0 Å². The standard InChI is InChI=1S/C15H23BrN2O/c1-15(2)11-18(8-9-19-15)7-6-14(17)12-4-3-5-13(16)10-12/h3-5,10,14H,6-9,11,17H2,1-2H3. The maximum atomic E-state index is 6.27. The quantitative estimate of drug-likeness (QED) is 0.924. The van der Waals surface area contributed by atoms with Crippen LogP contribution in [0.1, 0.15) is 31.9 Å². The SMILES string of the molecule is CC1(C)CN(CCC(N)c2cccc(Br)c2)CCO1. The maximum absolute atomic E-state index is 6.27. The van der Waals surface area contributed by atoms with E-state index >= 15 is 0 Å². The zero-order chi connectivity index (χ0) is 13.9. The average molecular weight is 327 g/mol. The number of benzene rings is 1. The van der Waals surface area contributed by atoms with Gasteiger partial charge in [0.05, 0.1) is 12.2 Å². The Morgan fingerprint density at radius 1 is 1.47 bits per heavy atom. The Morgan fingerprint density at radius 3 is 2.95 bits per heavy atom. The number of halogens is 1. The molecule has 2 rings (SSSR count). The molecule has 1 heterocycles. The second-order valence-electron chi connectivity index (χ2n) is 5.83. The third-order valence-electron chi connectivity index (χ3n) is 3.54. The van der Waals surface area contributed by atoms with Crippen molar-refractivity contribution in [3.05, 3.63) is 34.3 Å². The molecule has 3 nitrogen and oxygen atoms in total. The first kappa shape index (κ1) is 15.0. The normalized spacial score (nSPS) is 21.3. The van der Waals surface area contributed by atoms with Gasteiger partial charge in [0.2, 0.25) is 0 Å². The molecule has 0 bridgehead atoms. The number of nitrogens with two attached hydrogens (primary N) is 1. The smallest absolute Gasteiger partial charge is 0.0753 e. The maximum Gasteiger partial charge on any atom is 0.0753 e. The molecule has 0 spiro atoms. The highest BCUT2D eigenvalue weighted by Gasteiger charge is 2.27. The number of rotatable bonds is 4. The summed E-state index contributed by atoms with van der Waals surface area (Å²) in [5.74, 6) is 0. The highest BCUT2D eigenvalue weighted by molar-refractivity contribution is 9.10. The van der Waals surface area contributed by atoms with Crippen LogP contribution in [-0.2, 0) is 4.74 Å². The van der Waals surface area contributed by atoms with Crippen molar-refractivity contribution in [2.45, 2.75) is 31.9 Å². The summed E-state index contributed by atoms with van der Waals surface area (Å²) in [4.78, 5) is 2.45. The molecular formula is C15H23BrN2O. The monoisotopic (exact) mass is 326 g/mol. The lowest BCUT2D eigenvalue weighted by atomic mass is 10.0. The molecule has 1 unspecified atom stereocenters. The Balaban J connectivity index is 1.85. The van der Waals surface area contributed by atoms with E-state index in [1.807, 2.05) is 12.1 Å². The molecule has 1 aliphatic rings. The molecule has 0 aromatic heterocycles. The van der Waals surface area contributed by atoms with Crippen molar-refractivity contribution < 1.29 is 4.74 Å². The van der Waals surface area contributed by atoms with Crippen LogP contribution in [-0.4, -0.2) is 36.7 Å². The lowest BCUT2D eigenvalue weighted by Crippen LogP contribution is -2.48. The summed E-state index contributed by atoms with van der Waals surface area (Å²) in [6.45, 7) is 8.13. The van der Waals surface area contributed by atoms with Gasteiger partial charge in [0, 0.05) is 30.1 Å². The number of morpholine rings is 1. The van der Waals surface area contributed by atoms with Crippen molar-refractivity contribution in [3.63, 3.8) is 0 Å². The van der Waals surface area contributed by atoms with Gasteiger partial charge in [-0.3, -0.25) is 4.90 Å². The third-order valence-corrected chi connectivity index (χ3v) is 4.03. The van der Waals surface area contributed by atoms with Crippen LogP contribution in [0.2, 0.25) is 0 Å². The van der Waals surface area contributed by atoms with Crippen LogP contribution >= 0.6 is 15.9 Å². The summed E-state index contributed by atoms with van der Waals surface area (Å²) in [6, 6.07) is 8.37. The Kier molecular flexibility index (Phi) is 5.01. The van der Waals surface area contributed by atoms with E-state index in [0.717, 1.165) is 37.1 Å². The van der Waals surface area contributed by atoms with E-state index in [4.69, 9.17) is 10.5 Å². The van der Waals surface area contributed by atoms with E-state index in [1.165, 1.54) is 5.56 Å². The van der Waals surface area contributed by atoms with Crippen molar-refractivity contribution >= 4 is 15.9 Å². The summed E-state index contributed by atoms with van der Waals surface area (Å²) in [5, 5.41) is 0. The van der Waals surface area contributed by atoms with Crippen molar-refractivity contribution in [1.82, 2.24) is 4.90 Å². The summed E-state index contributed by atoms with van der Waals surface area (Å²) in [6.07, 6.45) is 0.979. The summed E-state index contributed by atoms with van der Waals surface area (Å²) < 4.78 is 6.81. The van der Waals surface area contributed by atoms with Gasteiger partial charge >= 0.3 is 0 Å². The van der Waals surface area contributed by atoms with Crippen LogP contribution < -0.4 is 5.73 Å². The van der Waals surface area contributed by atoms with Gasteiger partial charge in [-0.15, -0.1) is 0 Å². The van der Waals surface area contributed by atoms with Crippen LogP contribution in [0.3, 0.4) is 0 Å².